The molecule has 0 aliphatic heterocycles. The van der Waals surface area contributed by atoms with Crippen LogP contribution in [0.3, 0.4) is 0 Å². The molecule has 0 aromatic heterocycles. The molecule has 20 heavy (non-hydrogen) atoms. The Morgan fingerprint density at radius 1 is 1.30 bits per heavy atom. The highest BCUT2D eigenvalue weighted by Crippen LogP contribution is 2.33. The number of rotatable bonds is 5. The topological polar surface area (TPSA) is 52.5 Å². The Bertz CT molecular complexity index is 452. The number of aliphatic hydroxyl groups is 2. The fraction of sp³-hybridized carbons (Fsp3) is 0.571. The first kappa shape index (κ1) is 15.3. The van der Waals surface area contributed by atoms with E-state index in [9.17, 15) is 23.4 Å². The Morgan fingerprint density at radius 2 is 2.00 bits per heavy atom. The Kier molecular flexibility index (Phi) is 4.36. The molecule has 0 heterocycles. The molecule has 3 nitrogen and oxygen atoms in total. The summed E-state index contributed by atoms with van der Waals surface area (Å²) in [5, 5.41) is 22.3. The number of benzene rings is 1. The summed E-state index contributed by atoms with van der Waals surface area (Å²) in [6.45, 7) is 0.101. The molecule has 0 bridgehead atoms. The lowest BCUT2D eigenvalue weighted by atomic mass is 9.77. The predicted octanol–water partition coefficient (Wildman–Crippen LogP) is 2.24. The van der Waals surface area contributed by atoms with Crippen LogP contribution in [0, 0.1) is 0 Å². The summed E-state index contributed by atoms with van der Waals surface area (Å²) in [5.41, 5.74) is -0.919. The van der Waals surface area contributed by atoms with Crippen molar-refractivity contribution < 1.29 is 23.4 Å². The van der Waals surface area contributed by atoms with Crippen molar-refractivity contribution in [3.8, 4) is 0 Å². The van der Waals surface area contributed by atoms with Gasteiger partial charge in [0.05, 0.1) is 18.3 Å². The highest BCUT2D eigenvalue weighted by atomic mass is 19.4. The Hall–Kier alpha value is -1.11. The van der Waals surface area contributed by atoms with Crippen molar-refractivity contribution in [2.45, 2.75) is 37.1 Å². The third-order valence-electron chi connectivity index (χ3n) is 3.88. The maximum absolute atomic E-state index is 12.6. The molecule has 1 atom stereocenters. The smallest absolute Gasteiger partial charge is 0.394 e. The minimum atomic E-state index is -4.41. The molecule has 112 valence electrons. The van der Waals surface area contributed by atoms with Gasteiger partial charge >= 0.3 is 6.18 Å². The summed E-state index contributed by atoms with van der Waals surface area (Å²) in [6, 6.07) is 4.68. The van der Waals surface area contributed by atoms with Crippen molar-refractivity contribution >= 4 is 0 Å². The average Bonchev–Trinajstić information content (AvgIpc) is 2.37. The third-order valence-corrected chi connectivity index (χ3v) is 3.88. The van der Waals surface area contributed by atoms with Gasteiger partial charge < -0.3 is 15.5 Å². The first-order valence-electron chi connectivity index (χ1n) is 6.57. The summed E-state index contributed by atoms with van der Waals surface area (Å²) >= 11 is 0. The molecule has 1 aliphatic rings. The first-order valence-corrected chi connectivity index (χ1v) is 6.57. The molecule has 3 N–H and O–H groups in total. The van der Waals surface area contributed by atoms with Crippen LogP contribution in [0.2, 0.25) is 0 Å². The van der Waals surface area contributed by atoms with Gasteiger partial charge in [-0.3, -0.25) is 0 Å². The van der Waals surface area contributed by atoms with Gasteiger partial charge in [-0.25, -0.2) is 0 Å². The Balaban J connectivity index is 2.00. The summed E-state index contributed by atoms with van der Waals surface area (Å²) < 4.78 is 37.8. The largest absolute Gasteiger partial charge is 0.416 e. The third kappa shape index (κ3) is 3.31. The fourth-order valence-corrected chi connectivity index (χ4v) is 2.35. The molecule has 1 aromatic carbocycles. The average molecular weight is 289 g/mol. The minimum absolute atomic E-state index is 0.0255. The molecule has 1 aromatic rings. The van der Waals surface area contributed by atoms with Gasteiger partial charge in [0.25, 0.3) is 0 Å². The zero-order valence-electron chi connectivity index (χ0n) is 11.0. The van der Waals surface area contributed by atoms with Crippen LogP contribution in [-0.4, -0.2) is 28.9 Å². The molecular formula is C14H18F3NO2. The molecule has 2 rings (SSSR count). The standard InChI is InChI=1S/C14H18F3NO2/c15-14(16,17)11-4-1-3-10(7-11)12(20)8-18-13(9-19)5-2-6-13/h1,3-4,7,12,18-20H,2,5-6,8-9H2. The van der Waals surface area contributed by atoms with Gasteiger partial charge in [-0.1, -0.05) is 12.1 Å². The quantitative estimate of drug-likeness (QED) is 0.779. The van der Waals surface area contributed by atoms with Crippen molar-refractivity contribution in [1.82, 2.24) is 5.32 Å². The Labute approximate surface area is 115 Å². The lowest BCUT2D eigenvalue weighted by Gasteiger charge is -2.41. The second-order valence-electron chi connectivity index (χ2n) is 5.31. The lowest BCUT2D eigenvalue weighted by molar-refractivity contribution is -0.137. The van der Waals surface area contributed by atoms with Crippen LogP contribution in [0.1, 0.15) is 36.5 Å². The monoisotopic (exact) mass is 289 g/mol. The molecule has 1 saturated carbocycles. The van der Waals surface area contributed by atoms with Crippen molar-refractivity contribution in [3.63, 3.8) is 0 Å². The van der Waals surface area contributed by atoms with Crippen molar-refractivity contribution in [2.24, 2.45) is 0 Å². The van der Waals surface area contributed by atoms with Gasteiger partial charge in [-0.2, -0.15) is 13.2 Å². The van der Waals surface area contributed by atoms with E-state index in [0.717, 1.165) is 31.4 Å². The number of hydrogen-bond acceptors (Lipinski definition) is 3. The highest BCUT2D eigenvalue weighted by Gasteiger charge is 2.36. The van der Waals surface area contributed by atoms with E-state index >= 15 is 0 Å². The van der Waals surface area contributed by atoms with Gasteiger partial charge in [-0.05, 0) is 37.0 Å². The molecule has 0 radical (unpaired) electrons. The number of halogens is 3. The number of alkyl halides is 3. The Morgan fingerprint density at radius 3 is 2.50 bits per heavy atom. The van der Waals surface area contributed by atoms with E-state index in [1.165, 1.54) is 12.1 Å². The van der Waals surface area contributed by atoms with E-state index in [1.807, 2.05) is 0 Å². The molecule has 1 fully saturated rings. The molecule has 1 aliphatic carbocycles. The SMILES string of the molecule is OCC1(NCC(O)c2cccc(C(F)(F)F)c2)CCC1. The van der Waals surface area contributed by atoms with Crippen LogP contribution >= 0.6 is 0 Å². The number of hydrogen-bond donors (Lipinski definition) is 3. The zero-order valence-corrected chi connectivity index (χ0v) is 11.0. The normalized spacial score (nSPS) is 19.4. The van der Waals surface area contributed by atoms with Crippen molar-refractivity contribution in [3.05, 3.63) is 35.4 Å². The zero-order chi connectivity index (χ0) is 14.8. The minimum Gasteiger partial charge on any atom is -0.394 e. The van der Waals surface area contributed by atoms with Crippen molar-refractivity contribution in [2.75, 3.05) is 13.2 Å². The second kappa shape index (κ2) is 5.71. The highest BCUT2D eigenvalue weighted by molar-refractivity contribution is 5.27. The van der Waals surface area contributed by atoms with E-state index in [0.29, 0.717) is 0 Å². The fourth-order valence-electron chi connectivity index (χ4n) is 2.35. The van der Waals surface area contributed by atoms with E-state index in [-0.39, 0.29) is 24.3 Å². The van der Waals surface area contributed by atoms with Gasteiger partial charge in [0.2, 0.25) is 0 Å². The van der Waals surface area contributed by atoms with Gasteiger partial charge in [0.15, 0.2) is 0 Å². The van der Waals surface area contributed by atoms with Crippen LogP contribution in [0.25, 0.3) is 0 Å². The van der Waals surface area contributed by atoms with E-state index in [2.05, 4.69) is 5.32 Å². The maximum atomic E-state index is 12.6. The maximum Gasteiger partial charge on any atom is 0.416 e. The van der Waals surface area contributed by atoms with Gasteiger partial charge in [0.1, 0.15) is 0 Å². The first-order chi connectivity index (χ1) is 9.36. The molecular weight excluding hydrogens is 271 g/mol. The number of aliphatic hydroxyl groups excluding tert-OH is 2. The van der Waals surface area contributed by atoms with Crippen LogP contribution in [0.5, 0.6) is 0 Å². The van der Waals surface area contributed by atoms with E-state index < -0.39 is 17.8 Å². The molecule has 1 unspecified atom stereocenters. The predicted molar refractivity (Wildman–Crippen MR) is 68.1 cm³/mol. The number of β-amino-alcohol motifs (C(OH)–C–C–N with tert-alkyl or cyclic N) is 1. The van der Waals surface area contributed by atoms with E-state index in [4.69, 9.17) is 0 Å². The van der Waals surface area contributed by atoms with Gasteiger partial charge in [-0.15, -0.1) is 0 Å². The molecule has 0 spiro atoms. The summed E-state index contributed by atoms with van der Waals surface area (Å²) in [7, 11) is 0. The van der Waals surface area contributed by atoms with Crippen LogP contribution < -0.4 is 5.32 Å². The van der Waals surface area contributed by atoms with Gasteiger partial charge in [0, 0.05) is 12.1 Å². The summed E-state index contributed by atoms with van der Waals surface area (Å²) in [4.78, 5) is 0. The lowest BCUT2D eigenvalue weighted by Crippen LogP contribution is -2.54. The summed E-state index contributed by atoms with van der Waals surface area (Å²) in [5.74, 6) is 0. The van der Waals surface area contributed by atoms with E-state index in [1.54, 1.807) is 0 Å². The summed E-state index contributed by atoms with van der Waals surface area (Å²) in [6.07, 6.45) is -2.80. The molecule has 0 saturated heterocycles. The second-order valence-corrected chi connectivity index (χ2v) is 5.31. The van der Waals surface area contributed by atoms with Crippen LogP contribution in [0.15, 0.2) is 24.3 Å². The van der Waals surface area contributed by atoms with Crippen LogP contribution in [0.4, 0.5) is 13.2 Å². The number of nitrogens with one attached hydrogen (secondary N) is 1. The molecule has 0 amide bonds. The molecule has 6 heteroatoms. The van der Waals surface area contributed by atoms with Crippen LogP contribution in [-0.2, 0) is 6.18 Å². The van der Waals surface area contributed by atoms with Crippen molar-refractivity contribution in [1.29, 1.82) is 0 Å².